The van der Waals surface area contributed by atoms with Crippen molar-refractivity contribution < 1.29 is 19.1 Å². The lowest BCUT2D eigenvalue weighted by atomic mass is 10.1. The Balaban J connectivity index is 2.19. The number of amides is 1. The Bertz CT molecular complexity index is 703. The van der Waals surface area contributed by atoms with E-state index in [4.69, 9.17) is 5.11 Å². The number of unbranched alkanes of at least 4 members (excludes halogenated alkanes) is 1. The van der Waals surface area contributed by atoms with E-state index in [0.717, 1.165) is 6.42 Å². The second-order valence-corrected chi connectivity index (χ2v) is 5.07. The number of aromatic nitrogens is 1. The highest BCUT2D eigenvalue weighted by molar-refractivity contribution is 5.99. The van der Waals surface area contributed by atoms with Crippen molar-refractivity contribution in [3.8, 4) is 0 Å². The number of fused-ring (bicyclic) bond motifs is 1. The normalized spacial score (nSPS) is 12.1. The Kier molecular flexibility index (Phi) is 5.04. The van der Waals surface area contributed by atoms with Gasteiger partial charge >= 0.3 is 5.97 Å². The van der Waals surface area contributed by atoms with E-state index in [1.807, 2.05) is 6.92 Å². The summed E-state index contributed by atoms with van der Waals surface area (Å²) in [5.74, 6) is -2.01. The molecule has 0 aliphatic rings. The van der Waals surface area contributed by atoms with Crippen LogP contribution in [0.5, 0.6) is 0 Å². The number of carboxylic acids is 1. The van der Waals surface area contributed by atoms with Crippen molar-refractivity contribution in [3.63, 3.8) is 0 Å². The second kappa shape index (κ2) is 6.98. The fraction of sp³-hybridized carbons (Fsp3) is 0.312. The number of hydrogen-bond donors (Lipinski definition) is 2. The van der Waals surface area contributed by atoms with Crippen LogP contribution >= 0.6 is 0 Å². The Labute approximate surface area is 127 Å². The van der Waals surface area contributed by atoms with Crippen molar-refractivity contribution in [2.45, 2.75) is 32.2 Å². The van der Waals surface area contributed by atoms with Crippen molar-refractivity contribution >= 4 is 22.8 Å². The van der Waals surface area contributed by atoms with Crippen LogP contribution in [0.4, 0.5) is 4.39 Å². The summed E-state index contributed by atoms with van der Waals surface area (Å²) in [6, 6.07) is 4.66. The summed E-state index contributed by atoms with van der Waals surface area (Å²) in [5.41, 5.74) is 0.777. The minimum atomic E-state index is -1.07. The number of nitrogens with one attached hydrogen (secondary N) is 1. The van der Waals surface area contributed by atoms with Gasteiger partial charge in [0.15, 0.2) is 0 Å². The molecule has 0 saturated carbocycles. The molecule has 0 radical (unpaired) electrons. The number of nitrogens with zero attached hydrogens (tertiary/aromatic N) is 1. The number of pyridine rings is 1. The molecule has 116 valence electrons. The minimum absolute atomic E-state index is 0.209. The number of hydrogen-bond acceptors (Lipinski definition) is 3. The molecule has 5 nitrogen and oxygen atoms in total. The van der Waals surface area contributed by atoms with Gasteiger partial charge in [0.25, 0.3) is 5.91 Å². The highest BCUT2D eigenvalue weighted by atomic mass is 19.1. The summed E-state index contributed by atoms with van der Waals surface area (Å²) in [5, 5.41) is 12.1. The summed E-state index contributed by atoms with van der Waals surface area (Å²) in [6.45, 7) is 1.95. The zero-order valence-corrected chi connectivity index (χ0v) is 12.2. The summed E-state index contributed by atoms with van der Waals surface area (Å²) >= 11 is 0. The average Bonchev–Trinajstić information content (AvgIpc) is 2.50. The van der Waals surface area contributed by atoms with Gasteiger partial charge in [-0.25, -0.2) is 9.18 Å². The molecule has 6 heteroatoms. The zero-order chi connectivity index (χ0) is 16.1. The van der Waals surface area contributed by atoms with Crippen molar-refractivity contribution in [1.29, 1.82) is 0 Å². The third-order valence-electron chi connectivity index (χ3n) is 3.36. The van der Waals surface area contributed by atoms with E-state index in [9.17, 15) is 14.0 Å². The lowest BCUT2D eigenvalue weighted by Gasteiger charge is -2.14. The van der Waals surface area contributed by atoms with Gasteiger partial charge in [-0.15, -0.1) is 0 Å². The first-order chi connectivity index (χ1) is 10.5. The molecule has 1 aromatic heterocycles. The standard InChI is InChI=1S/C16H17FN2O3/c1-2-3-4-14(16(21)22)19-15(20)11-7-10-8-12(17)5-6-13(10)18-9-11/h5-9,14H,2-4H2,1H3,(H,19,20)(H,21,22). The molecule has 2 aromatic rings. The van der Waals surface area contributed by atoms with Gasteiger partial charge in [0.1, 0.15) is 11.9 Å². The Morgan fingerprint density at radius 2 is 2.14 bits per heavy atom. The number of aliphatic carboxylic acids is 1. The molecule has 1 unspecified atom stereocenters. The predicted octanol–water partition coefficient (Wildman–Crippen LogP) is 2.75. The maximum atomic E-state index is 13.2. The number of carboxylic acid groups (broad SMARTS) is 1. The molecule has 2 rings (SSSR count). The summed E-state index contributed by atoms with van der Waals surface area (Å²) in [4.78, 5) is 27.4. The Morgan fingerprint density at radius 3 is 2.82 bits per heavy atom. The van der Waals surface area contributed by atoms with Crippen LogP contribution in [0.2, 0.25) is 0 Å². The molecular formula is C16H17FN2O3. The van der Waals surface area contributed by atoms with Crippen molar-refractivity contribution in [2.75, 3.05) is 0 Å². The van der Waals surface area contributed by atoms with E-state index in [-0.39, 0.29) is 5.56 Å². The molecular weight excluding hydrogens is 287 g/mol. The Morgan fingerprint density at radius 1 is 1.36 bits per heavy atom. The third-order valence-corrected chi connectivity index (χ3v) is 3.36. The molecule has 22 heavy (non-hydrogen) atoms. The van der Waals surface area contributed by atoms with Crippen molar-refractivity contribution in [1.82, 2.24) is 10.3 Å². The smallest absolute Gasteiger partial charge is 0.326 e. The van der Waals surface area contributed by atoms with E-state index >= 15 is 0 Å². The van der Waals surface area contributed by atoms with Crippen LogP contribution in [-0.2, 0) is 4.79 Å². The fourth-order valence-electron chi connectivity index (χ4n) is 2.13. The van der Waals surface area contributed by atoms with Crippen LogP contribution in [0.25, 0.3) is 10.9 Å². The van der Waals surface area contributed by atoms with E-state index in [1.165, 1.54) is 30.5 Å². The zero-order valence-electron chi connectivity index (χ0n) is 12.2. The predicted molar refractivity (Wildman–Crippen MR) is 80.1 cm³/mol. The minimum Gasteiger partial charge on any atom is -0.480 e. The largest absolute Gasteiger partial charge is 0.480 e. The maximum Gasteiger partial charge on any atom is 0.326 e. The SMILES string of the molecule is CCCCC(NC(=O)c1cnc2ccc(F)cc2c1)C(=O)O. The molecule has 0 saturated heterocycles. The van der Waals surface area contributed by atoms with Crippen LogP contribution in [0.3, 0.4) is 0 Å². The molecule has 1 heterocycles. The van der Waals surface area contributed by atoms with E-state index < -0.39 is 23.7 Å². The van der Waals surface area contributed by atoms with Crippen molar-refractivity contribution in [3.05, 3.63) is 41.8 Å². The molecule has 1 aromatic carbocycles. The van der Waals surface area contributed by atoms with Gasteiger partial charge in [0.2, 0.25) is 0 Å². The highest BCUT2D eigenvalue weighted by Gasteiger charge is 2.20. The quantitative estimate of drug-likeness (QED) is 0.860. The van der Waals surface area contributed by atoms with Gasteiger partial charge in [0.05, 0.1) is 11.1 Å². The van der Waals surface area contributed by atoms with E-state index in [0.29, 0.717) is 23.7 Å². The number of carbonyl (C=O) groups is 2. The summed E-state index contributed by atoms with van der Waals surface area (Å²) in [7, 11) is 0. The fourth-order valence-corrected chi connectivity index (χ4v) is 2.13. The monoisotopic (exact) mass is 304 g/mol. The topological polar surface area (TPSA) is 79.3 Å². The summed E-state index contributed by atoms with van der Waals surface area (Å²) < 4.78 is 13.2. The number of carbonyl (C=O) groups excluding carboxylic acids is 1. The van der Waals surface area contributed by atoms with Gasteiger partial charge < -0.3 is 10.4 Å². The van der Waals surface area contributed by atoms with Crippen molar-refractivity contribution in [2.24, 2.45) is 0 Å². The average molecular weight is 304 g/mol. The highest BCUT2D eigenvalue weighted by Crippen LogP contribution is 2.15. The first-order valence-corrected chi connectivity index (χ1v) is 7.10. The number of halogens is 1. The summed E-state index contributed by atoms with van der Waals surface area (Å²) in [6.07, 6.45) is 3.27. The van der Waals surface area contributed by atoms with Gasteiger partial charge in [-0.1, -0.05) is 19.8 Å². The first kappa shape index (κ1) is 15.9. The molecule has 1 atom stereocenters. The molecule has 0 fully saturated rings. The van der Waals surface area contributed by atoms with E-state index in [1.54, 1.807) is 0 Å². The molecule has 0 aliphatic heterocycles. The van der Waals surface area contributed by atoms with Gasteiger partial charge in [-0.3, -0.25) is 9.78 Å². The number of benzene rings is 1. The Hall–Kier alpha value is -2.50. The van der Waals surface area contributed by atoms with Crippen LogP contribution in [0.1, 0.15) is 36.5 Å². The number of rotatable bonds is 6. The van der Waals surface area contributed by atoms with Crippen LogP contribution in [0.15, 0.2) is 30.5 Å². The molecule has 0 bridgehead atoms. The van der Waals surface area contributed by atoms with Gasteiger partial charge in [0, 0.05) is 11.6 Å². The maximum absolute atomic E-state index is 13.2. The lowest BCUT2D eigenvalue weighted by molar-refractivity contribution is -0.139. The van der Waals surface area contributed by atoms with Gasteiger partial charge in [-0.05, 0) is 30.7 Å². The van der Waals surface area contributed by atoms with Crippen LogP contribution < -0.4 is 5.32 Å². The first-order valence-electron chi connectivity index (χ1n) is 7.10. The third kappa shape index (κ3) is 3.78. The molecule has 1 amide bonds. The van der Waals surface area contributed by atoms with Crippen LogP contribution in [0, 0.1) is 5.82 Å². The second-order valence-electron chi connectivity index (χ2n) is 5.07. The van der Waals surface area contributed by atoms with Crippen LogP contribution in [-0.4, -0.2) is 28.0 Å². The molecule has 0 spiro atoms. The lowest BCUT2D eigenvalue weighted by Crippen LogP contribution is -2.40. The van der Waals surface area contributed by atoms with E-state index in [2.05, 4.69) is 10.3 Å². The van der Waals surface area contributed by atoms with Gasteiger partial charge in [-0.2, -0.15) is 0 Å². The molecule has 0 aliphatic carbocycles. The molecule has 2 N–H and O–H groups in total.